The molecule has 4 aromatic rings. The number of rotatable bonds is 8. The van der Waals surface area contributed by atoms with Gasteiger partial charge in [-0.25, -0.2) is 19.3 Å². The lowest BCUT2D eigenvalue weighted by molar-refractivity contribution is 0.0738. The van der Waals surface area contributed by atoms with Crippen molar-refractivity contribution in [3.05, 3.63) is 65.5 Å². The first-order valence-electron chi connectivity index (χ1n) is 13.0. The van der Waals surface area contributed by atoms with Gasteiger partial charge in [0, 0.05) is 31.5 Å². The largest absolute Gasteiger partial charge is 0.384 e. The fourth-order valence-corrected chi connectivity index (χ4v) is 4.89. The Balaban J connectivity index is 1.47. The molecule has 4 aromatic heterocycles. The number of pyridine rings is 1. The summed E-state index contributed by atoms with van der Waals surface area (Å²) in [4.78, 5) is 29.4. The van der Waals surface area contributed by atoms with Crippen LogP contribution in [0.15, 0.2) is 54.2 Å². The molecule has 0 bridgehead atoms. The fraction of sp³-hybridized carbons (Fsp3) is 0.444. The van der Waals surface area contributed by atoms with Crippen LogP contribution >= 0.6 is 0 Å². The average molecular weight is 518 g/mol. The van der Waals surface area contributed by atoms with Gasteiger partial charge in [-0.05, 0) is 52.7 Å². The van der Waals surface area contributed by atoms with Gasteiger partial charge in [0.25, 0.3) is 5.56 Å². The first-order chi connectivity index (χ1) is 18.2. The van der Waals surface area contributed by atoms with E-state index in [9.17, 15) is 9.90 Å². The van der Waals surface area contributed by atoms with Crippen LogP contribution in [0.4, 0.5) is 11.6 Å². The van der Waals surface area contributed by atoms with Gasteiger partial charge in [-0.2, -0.15) is 10.1 Å². The normalized spacial score (nSPS) is 15.4. The Morgan fingerprint density at radius 1 is 1.21 bits per heavy atom. The second kappa shape index (κ2) is 10.1. The quantitative estimate of drug-likeness (QED) is 0.342. The number of aromatic nitrogens is 7. The first kappa shape index (κ1) is 25.8. The number of aliphatic hydroxyl groups is 1. The van der Waals surface area contributed by atoms with Crippen molar-refractivity contribution >= 4 is 22.7 Å². The summed E-state index contributed by atoms with van der Waals surface area (Å²) in [5.41, 5.74) is 0.270. The third kappa shape index (κ3) is 4.99. The molecule has 1 saturated heterocycles. The van der Waals surface area contributed by atoms with Gasteiger partial charge in [-0.15, -0.1) is 6.58 Å². The van der Waals surface area contributed by atoms with Crippen LogP contribution < -0.4 is 10.9 Å². The van der Waals surface area contributed by atoms with E-state index in [0.29, 0.717) is 40.6 Å². The lowest BCUT2D eigenvalue weighted by Gasteiger charge is -2.34. The van der Waals surface area contributed by atoms with E-state index in [4.69, 9.17) is 4.98 Å². The molecule has 11 nitrogen and oxygen atoms in total. The molecule has 0 amide bonds. The minimum atomic E-state index is -1.14. The molecule has 1 aliphatic rings. The summed E-state index contributed by atoms with van der Waals surface area (Å²) in [6.45, 7) is 14.0. The SMILES string of the molecule is C=CCn1c(=O)c2cnc(Nc3cnn(C4CCN(C(C)C)CC4)c3)nc2n1-c1cccc(C(C)(C)O)n1. The van der Waals surface area contributed by atoms with E-state index in [-0.39, 0.29) is 12.1 Å². The van der Waals surface area contributed by atoms with Crippen LogP contribution in [0, 0.1) is 0 Å². The predicted octanol–water partition coefficient (Wildman–Crippen LogP) is 3.38. The Morgan fingerprint density at radius 2 is 1.97 bits per heavy atom. The molecule has 200 valence electrons. The van der Waals surface area contributed by atoms with Crippen LogP contribution in [0.3, 0.4) is 0 Å². The minimum absolute atomic E-state index is 0.248. The maximum Gasteiger partial charge on any atom is 0.278 e. The molecule has 0 atom stereocenters. The van der Waals surface area contributed by atoms with Gasteiger partial charge in [0.15, 0.2) is 11.5 Å². The maximum absolute atomic E-state index is 13.2. The van der Waals surface area contributed by atoms with Gasteiger partial charge in [0.05, 0.1) is 30.2 Å². The van der Waals surface area contributed by atoms with Crippen molar-refractivity contribution in [1.29, 1.82) is 0 Å². The molecular weight excluding hydrogens is 482 g/mol. The van der Waals surface area contributed by atoms with Crippen molar-refractivity contribution in [2.75, 3.05) is 18.4 Å². The van der Waals surface area contributed by atoms with Gasteiger partial charge in [-0.3, -0.25) is 9.48 Å². The number of allylic oxidation sites excluding steroid dienone is 1. The van der Waals surface area contributed by atoms with Crippen molar-refractivity contribution in [2.45, 2.75) is 64.8 Å². The highest BCUT2D eigenvalue weighted by Gasteiger charge is 2.24. The number of likely N-dealkylation sites (tertiary alicyclic amines) is 1. The molecule has 0 spiro atoms. The predicted molar refractivity (Wildman–Crippen MR) is 147 cm³/mol. The summed E-state index contributed by atoms with van der Waals surface area (Å²) in [5.74, 6) is 0.804. The molecule has 38 heavy (non-hydrogen) atoms. The van der Waals surface area contributed by atoms with Crippen LogP contribution in [0.5, 0.6) is 0 Å². The molecule has 11 heteroatoms. The summed E-state index contributed by atoms with van der Waals surface area (Å²) in [6, 6.07) is 6.24. The first-order valence-corrected chi connectivity index (χ1v) is 13.0. The Bertz CT molecular complexity index is 1500. The van der Waals surface area contributed by atoms with Gasteiger partial charge < -0.3 is 15.3 Å². The molecule has 0 saturated carbocycles. The zero-order chi connectivity index (χ0) is 27.0. The molecule has 0 unspecified atom stereocenters. The van der Waals surface area contributed by atoms with Gasteiger partial charge in [-0.1, -0.05) is 12.1 Å². The lowest BCUT2D eigenvalue weighted by atomic mass is 10.0. The number of nitrogens with zero attached hydrogens (tertiary/aromatic N) is 8. The van der Waals surface area contributed by atoms with E-state index in [1.807, 2.05) is 10.9 Å². The Labute approximate surface area is 221 Å². The van der Waals surface area contributed by atoms with Crippen molar-refractivity contribution in [1.82, 2.24) is 39.0 Å². The van der Waals surface area contributed by atoms with Crippen LogP contribution in [0.2, 0.25) is 0 Å². The Kier molecular flexibility index (Phi) is 6.89. The van der Waals surface area contributed by atoms with Crippen molar-refractivity contribution in [2.24, 2.45) is 0 Å². The van der Waals surface area contributed by atoms with Crippen molar-refractivity contribution < 1.29 is 5.11 Å². The third-order valence-corrected chi connectivity index (χ3v) is 7.02. The van der Waals surface area contributed by atoms with Crippen molar-refractivity contribution in [3.8, 4) is 5.82 Å². The van der Waals surface area contributed by atoms with Crippen LogP contribution in [-0.2, 0) is 12.1 Å². The van der Waals surface area contributed by atoms with E-state index < -0.39 is 5.60 Å². The fourth-order valence-electron chi connectivity index (χ4n) is 4.89. The number of hydrogen-bond acceptors (Lipinski definition) is 8. The maximum atomic E-state index is 13.2. The van der Waals surface area contributed by atoms with Gasteiger partial charge in [0.1, 0.15) is 11.0 Å². The number of piperidine rings is 1. The molecule has 0 radical (unpaired) electrons. The number of fused-ring (bicyclic) bond motifs is 1. The zero-order valence-corrected chi connectivity index (χ0v) is 22.4. The number of anilines is 2. The van der Waals surface area contributed by atoms with Crippen molar-refractivity contribution in [3.63, 3.8) is 0 Å². The number of hydrogen-bond donors (Lipinski definition) is 2. The molecule has 0 aromatic carbocycles. The molecule has 5 rings (SSSR count). The van der Waals surface area contributed by atoms with E-state index in [2.05, 4.69) is 45.7 Å². The minimum Gasteiger partial charge on any atom is -0.384 e. The summed E-state index contributed by atoms with van der Waals surface area (Å²) in [5, 5.41) is 18.7. The van der Waals surface area contributed by atoms with Gasteiger partial charge >= 0.3 is 0 Å². The highest BCUT2D eigenvalue weighted by atomic mass is 16.3. The number of nitrogens with one attached hydrogen (secondary N) is 1. The van der Waals surface area contributed by atoms with E-state index >= 15 is 0 Å². The zero-order valence-electron chi connectivity index (χ0n) is 22.4. The highest BCUT2D eigenvalue weighted by molar-refractivity contribution is 5.77. The van der Waals surface area contributed by atoms with Crippen LogP contribution in [0.1, 0.15) is 52.3 Å². The second-order valence-corrected chi connectivity index (χ2v) is 10.6. The molecule has 2 N–H and O–H groups in total. The molecule has 1 fully saturated rings. The highest BCUT2D eigenvalue weighted by Crippen LogP contribution is 2.25. The second-order valence-electron chi connectivity index (χ2n) is 10.6. The van der Waals surface area contributed by atoms with Gasteiger partial charge in [0.2, 0.25) is 5.95 Å². The summed E-state index contributed by atoms with van der Waals surface area (Å²) < 4.78 is 5.17. The Morgan fingerprint density at radius 3 is 2.66 bits per heavy atom. The lowest BCUT2D eigenvalue weighted by Crippen LogP contribution is -2.39. The van der Waals surface area contributed by atoms with E-state index in [1.54, 1.807) is 49.0 Å². The monoisotopic (exact) mass is 517 g/mol. The molecule has 0 aliphatic carbocycles. The topological polar surface area (TPSA) is 119 Å². The molecule has 5 heterocycles. The van der Waals surface area contributed by atoms with Crippen LogP contribution in [0.25, 0.3) is 16.9 Å². The van der Waals surface area contributed by atoms with Crippen LogP contribution in [-0.4, -0.2) is 63.2 Å². The average Bonchev–Trinajstić information content (AvgIpc) is 3.46. The standard InChI is InChI=1S/C27H35N9O2/c1-6-12-35-25(37)21-16-28-26(32-24(21)36(35)23-9-7-8-22(31-23)27(4,5)38)30-19-15-29-34(17-19)20-10-13-33(14-11-20)18(2)3/h6-9,15-18,20,38H,1,10-14H2,2-5H3,(H,28,30,32). The summed E-state index contributed by atoms with van der Waals surface area (Å²) in [7, 11) is 0. The smallest absolute Gasteiger partial charge is 0.278 e. The molecular formula is C27H35N9O2. The summed E-state index contributed by atoms with van der Waals surface area (Å²) >= 11 is 0. The molecule has 1 aliphatic heterocycles. The Hall–Kier alpha value is -3.83. The van der Waals surface area contributed by atoms with E-state index in [0.717, 1.165) is 31.6 Å². The third-order valence-electron chi connectivity index (χ3n) is 7.02. The summed E-state index contributed by atoms with van der Waals surface area (Å²) in [6.07, 6.45) is 9.03. The van der Waals surface area contributed by atoms with E-state index in [1.165, 1.54) is 10.9 Å².